The van der Waals surface area contributed by atoms with Crippen LogP contribution in [0, 0.1) is 0 Å². The Hall–Kier alpha value is -3.54. The molecule has 0 saturated heterocycles. The van der Waals surface area contributed by atoms with Gasteiger partial charge in [0.1, 0.15) is 5.75 Å². The number of aromatic nitrogens is 1. The molecule has 0 spiro atoms. The number of nitrogens with one attached hydrogen (secondary N) is 1. The Morgan fingerprint density at radius 2 is 1.90 bits per heavy atom. The summed E-state index contributed by atoms with van der Waals surface area (Å²) in [5, 5.41) is 11.5. The fourth-order valence-electron chi connectivity index (χ4n) is 4.08. The van der Waals surface area contributed by atoms with Crippen LogP contribution < -0.4 is 4.74 Å². The predicted octanol–water partition coefficient (Wildman–Crippen LogP) is 4.09. The van der Waals surface area contributed by atoms with Gasteiger partial charge in [-0.15, -0.1) is 0 Å². The Kier molecular flexibility index (Phi) is 5.31. The van der Waals surface area contributed by atoms with Crippen LogP contribution in [-0.2, 0) is 16.0 Å². The molecule has 0 aliphatic carbocycles. The average molecular weight is 404 g/mol. The van der Waals surface area contributed by atoms with Crippen molar-refractivity contribution in [2.45, 2.75) is 26.3 Å². The molecule has 1 amide bonds. The summed E-state index contributed by atoms with van der Waals surface area (Å²) in [6.07, 6.45) is 2.54. The minimum atomic E-state index is -0.615. The summed E-state index contributed by atoms with van der Waals surface area (Å²) >= 11 is 0. The molecule has 0 fully saturated rings. The second-order valence-corrected chi connectivity index (χ2v) is 7.33. The van der Waals surface area contributed by atoms with Crippen LogP contribution in [0.25, 0.3) is 10.9 Å². The molecule has 4 rings (SSSR count). The highest BCUT2D eigenvalue weighted by atomic mass is 16.5. The van der Waals surface area contributed by atoms with Gasteiger partial charge in [-0.25, -0.2) is 0 Å². The van der Waals surface area contributed by atoms with Crippen molar-refractivity contribution in [1.29, 1.82) is 0 Å². The minimum absolute atomic E-state index is 0.142. The van der Waals surface area contributed by atoms with Crippen molar-refractivity contribution >= 4 is 22.6 Å². The minimum Gasteiger partial charge on any atom is -0.503 e. The Morgan fingerprint density at radius 3 is 2.60 bits per heavy atom. The summed E-state index contributed by atoms with van der Waals surface area (Å²) in [4.78, 5) is 29.9. The van der Waals surface area contributed by atoms with Crippen LogP contribution in [-0.4, -0.2) is 39.8 Å². The Morgan fingerprint density at radius 1 is 1.17 bits per heavy atom. The number of amides is 1. The molecule has 1 atom stereocenters. The molecule has 1 aliphatic rings. The second kappa shape index (κ2) is 8.06. The standard InChI is InChI=1S/C24H24N2O4/c1-3-30-18-10-8-16(9-11-18)22-21(15(2)27)23(28)24(29)26(22)13-12-17-14-25-20-7-5-4-6-19(17)20/h4-11,14,22,25,28H,3,12-13H2,1-2H3/t22-/m0/s1. The van der Waals surface area contributed by atoms with Gasteiger partial charge in [-0.3, -0.25) is 9.59 Å². The number of nitrogens with zero attached hydrogens (tertiary/aromatic N) is 1. The highest BCUT2D eigenvalue weighted by Crippen LogP contribution is 2.38. The van der Waals surface area contributed by atoms with Gasteiger partial charge in [0.15, 0.2) is 11.5 Å². The molecular weight excluding hydrogens is 380 g/mol. The van der Waals surface area contributed by atoms with Crippen LogP contribution in [0.1, 0.15) is 31.0 Å². The van der Waals surface area contributed by atoms with Gasteiger partial charge in [0.2, 0.25) is 0 Å². The summed E-state index contributed by atoms with van der Waals surface area (Å²) in [5.74, 6) is -0.568. The van der Waals surface area contributed by atoms with Crippen LogP contribution in [0.2, 0.25) is 0 Å². The van der Waals surface area contributed by atoms with E-state index in [1.165, 1.54) is 6.92 Å². The summed E-state index contributed by atoms with van der Waals surface area (Å²) < 4.78 is 5.49. The number of rotatable bonds is 7. The summed E-state index contributed by atoms with van der Waals surface area (Å²) in [5.41, 5.74) is 3.02. The van der Waals surface area contributed by atoms with E-state index >= 15 is 0 Å². The van der Waals surface area contributed by atoms with Crippen molar-refractivity contribution in [2.24, 2.45) is 0 Å². The maximum atomic E-state index is 12.8. The van der Waals surface area contributed by atoms with E-state index in [0.29, 0.717) is 25.3 Å². The number of fused-ring (bicyclic) bond motifs is 1. The number of Topliss-reactive ketones (excluding diaryl/α,β-unsaturated/α-hetero) is 1. The average Bonchev–Trinajstić information content (AvgIpc) is 3.26. The van der Waals surface area contributed by atoms with Gasteiger partial charge in [0.25, 0.3) is 5.91 Å². The lowest BCUT2D eigenvalue weighted by molar-refractivity contribution is -0.129. The number of carbonyl (C=O) groups is 2. The third kappa shape index (κ3) is 3.45. The van der Waals surface area contributed by atoms with Crippen molar-refractivity contribution in [3.63, 3.8) is 0 Å². The van der Waals surface area contributed by atoms with E-state index in [0.717, 1.165) is 22.0 Å². The van der Waals surface area contributed by atoms with Gasteiger partial charge in [-0.05, 0) is 49.6 Å². The number of ether oxygens (including phenoxy) is 1. The number of para-hydroxylation sites is 1. The molecular formula is C24H24N2O4. The molecule has 30 heavy (non-hydrogen) atoms. The smallest absolute Gasteiger partial charge is 0.290 e. The van der Waals surface area contributed by atoms with E-state index in [1.54, 1.807) is 4.90 Å². The molecule has 1 aromatic heterocycles. The number of hydrogen-bond donors (Lipinski definition) is 2. The fourth-order valence-corrected chi connectivity index (χ4v) is 4.08. The summed E-state index contributed by atoms with van der Waals surface area (Å²) in [6.45, 7) is 4.21. The normalized spacial score (nSPS) is 16.5. The van der Waals surface area contributed by atoms with Crippen molar-refractivity contribution in [2.75, 3.05) is 13.2 Å². The third-order valence-electron chi connectivity index (χ3n) is 5.49. The third-order valence-corrected chi connectivity index (χ3v) is 5.49. The maximum Gasteiger partial charge on any atom is 0.290 e. The molecule has 1 aliphatic heterocycles. The Bertz CT molecular complexity index is 1130. The Balaban J connectivity index is 1.64. The molecule has 3 aromatic rings. The lowest BCUT2D eigenvalue weighted by atomic mass is 9.96. The number of benzene rings is 2. The molecule has 0 unspecified atom stereocenters. The quantitative estimate of drug-likeness (QED) is 0.621. The number of aliphatic hydroxyl groups is 1. The SMILES string of the molecule is CCOc1ccc([C@H]2C(C(C)=O)=C(O)C(=O)N2CCc2c[nH]c3ccccc23)cc1. The van der Waals surface area contributed by atoms with E-state index < -0.39 is 17.7 Å². The van der Waals surface area contributed by atoms with Crippen LogP contribution in [0.4, 0.5) is 0 Å². The topological polar surface area (TPSA) is 82.6 Å². The van der Waals surface area contributed by atoms with Crippen LogP contribution in [0.3, 0.4) is 0 Å². The van der Waals surface area contributed by atoms with Gasteiger partial charge < -0.3 is 19.7 Å². The molecule has 2 aromatic carbocycles. The molecule has 2 heterocycles. The zero-order chi connectivity index (χ0) is 21.3. The Labute approximate surface area is 174 Å². The number of carbonyl (C=O) groups excluding carboxylic acids is 2. The summed E-state index contributed by atoms with van der Waals surface area (Å²) in [7, 11) is 0. The zero-order valence-electron chi connectivity index (χ0n) is 17.0. The largest absolute Gasteiger partial charge is 0.503 e. The molecule has 0 saturated carbocycles. The first-order valence-corrected chi connectivity index (χ1v) is 10.0. The monoisotopic (exact) mass is 404 g/mol. The van der Waals surface area contributed by atoms with E-state index in [2.05, 4.69) is 4.98 Å². The van der Waals surface area contributed by atoms with Gasteiger partial charge >= 0.3 is 0 Å². The van der Waals surface area contributed by atoms with E-state index in [1.807, 2.05) is 61.7 Å². The first kappa shape index (κ1) is 19.8. The predicted molar refractivity (Wildman–Crippen MR) is 114 cm³/mol. The number of aliphatic hydroxyl groups excluding tert-OH is 1. The maximum absolute atomic E-state index is 12.8. The lowest BCUT2D eigenvalue weighted by Crippen LogP contribution is -2.32. The first-order valence-electron chi connectivity index (χ1n) is 10.0. The van der Waals surface area contributed by atoms with Crippen molar-refractivity contribution in [1.82, 2.24) is 9.88 Å². The molecule has 6 nitrogen and oxygen atoms in total. The molecule has 0 radical (unpaired) electrons. The van der Waals surface area contributed by atoms with E-state index in [9.17, 15) is 14.7 Å². The van der Waals surface area contributed by atoms with Crippen molar-refractivity contribution in [3.05, 3.63) is 77.2 Å². The summed E-state index contributed by atoms with van der Waals surface area (Å²) in [6, 6.07) is 14.7. The van der Waals surface area contributed by atoms with Gasteiger partial charge in [0, 0.05) is 23.6 Å². The van der Waals surface area contributed by atoms with Crippen LogP contribution >= 0.6 is 0 Å². The van der Waals surface area contributed by atoms with E-state index in [4.69, 9.17) is 4.74 Å². The molecule has 2 N–H and O–H groups in total. The number of ketones is 1. The molecule has 0 bridgehead atoms. The number of hydrogen-bond acceptors (Lipinski definition) is 4. The number of aromatic amines is 1. The van der Waals surface area contributed by atoms with Gasteiger partial charge in [0.05, 0.1) is 18.2 Å². The molecule has 6 heteroatoms. The van der Waals surface area contributed by atoms with Gasteiger partial charge in [-0.2, -0.15) is 0 Å². The fraction of sp³-hybridized carbons (Fsp3) is 0.250. The van der Waals surface area contributed by atoms with Crippen molar-refractivity contribution in [3.8, 4) is 5.75 Å². The van der Waals surface area contributed by atoms with Gasteiger partial charge in [-0.1, -0.05) is 30.3 Å². The van der Waals surface area contributed by atoms with Crippen LogP contribution in [0.15, 0.2) is 66.1 Å². The zero-order valence-corrected chi connectivity index (χ0v) is 17.0. The van der Waals surface area contributed by atoms with Crippen molar-refractivity contribution < 1.29 is 19.4 Å². The molecule has 154 valence electrons. The highest BCUT2D eigenvalue weighted by Gasteiger charge is 2.42. The lowest BCUT2D eigenvalue weighted by Gasteiger charge is -2.26. The van der Waals surface area contributed by atoms with Crippen LogP contribution in [0.5, 0.6) is 5.75 Å². The second-order valence-electron chi connectivity index (χ2n) is 7.33. The van der Waals surface area contributed by atoms with E-state index in [-0.39, 0.29) is 11.4 Å². The highest BCUT2D eigenvalue weighted by molar-refractivity contribution is 6.08. The number of H-pyrrole nitrogens is 1. The first-order chi connectivity index (χ1) is 14.5.